The molecule has 0 aliphatic heterocycles. The molecule has 2 aromatic carbocycles. The predicted octanol–water partition coefficient (Wildman–Crippen LogP) is 3.82. The number of carbonyl (C=O) groups is 1. The van der Waals surface area contributed by atoms with Crippen LogP contribution in [0.1, 0.15) is 43.2 Å². The van der Waals surface area contributed by atoms with Gasteiger partial charge in [-0.2, -0.15) is 0 Å². The minimum atomic E-state index is -3.26. The van der Waals surface area contributed by atoms with E-state index in [1.807, 2.05) is 48.5 Å². The highest BCUT2D eigenvalue weighted by Crippen LogP contribution is 2.36. The lowest BCUT2D eigenvalue weighted by Gasteiger charge is -2.37. The fraction of sp³-hybridized carbons (Fsp3) is 0.393. The van der Waals surface area contributed by atoms with Crippen LogP contribution in [0.15, 0.2) is 60.7 Å². The number of nitrogen functional groups attached to an aromatic ring is 1. The molecule has 4 rings (SSSR count). The summed E-state index contributed by atoms with van der Waals surface area (Å²) in [6.45, 7) is 0.232. The maximum atomic E-state index is 13.6. The molecule has 1 unspecified atom stereocenters. The van der Waals surface area contributed by atoms with Crippen molar-refractivity contribution < 1.29 is 18.3 Å². The van der Waals surface area contributed by atoms with Gasteiger partial charge in [-0.15, -0.1) is 0 Å². The minimum Gasteiger partial charge on any atom is -0.385 e. The quantitative estimate of drug-likeness (QED) is 0.339. The molecule has 0 radical (unpaired) electrons. The number of rotatable bonds is 9. The van der Waals surface area contributed by atoms with Crippen molar-refractivity contribution in [2.24, 2.45) is 13.0 Å². The fourth-order valence-electron chi connectivity index (χ4n) is 5.07. The van der Waals surface area contributed by atoms with Gasteiger partial charge in [0, 0.05) is 20.0 Å². The summed E-state index contributed by atoms with van der Waals surface area (Å²) >= 11 is 0. The van der Waals surface area contributed by atoms with Gasteiger partial charge in [0.2, 0.25) is 10.0 Å². The van der Waals surface area contributed by atoms with Crippen LogP contribution in [0, 0.1) is 5.92 Å². The van der Waals surface area contributed by atoms with Crippen LogP contribution in [-0.4, -0.2) is 35.9 Å². The van der Waals surface area contributed by atoms with E-state index >= 15 is 0 Å². The number of nitrogens with zero attached hydrogens (tertiary/aromatic N) is 1. The number of benzene rings is 2. The average molecular weight is 525 g/mol. The summed E-state index contributed by atoms with van der Waals surface area (Å²) in [6, 6.07) is 19.0. The number of sulfonamides is 1. The van der Waals surface area contributed by atoms with Crippen molar-refractivity contribution in [3.05, 3.63) is 71.8 Å². The Balaban J connectivity index is 1.56. The molecule has 0 spiro atoms. The van der Waals surface area contributed by atoms with Gasteiger partial charge in [0.05, 0.1) is 6.26 Å². The molecular weight excluding hydrogens is 488 g/mol. The standard InChI is InChI=1S/C28H36N4O4S/c1-32-25(29)15-16-26(32)31-27(33)28(34,24-9-4-3-5-10-24)18-21-7-6-8-23(17-21)22-13-11-20(12-14-22)19-30-37(2,35)36/h6-8,11-17,24,30,34H,3-5,9-10,18-19,29H2,1-2H3,(H,31,33). The average Bonchev–Trinajstić information content (AvgIpc) is 3.20. The smallest absolute Gasteiger partial charge is 0.258 e. The van der Waals surface area contributed by atoms with Gasteiger partial charge in [-0.3, -0.25) is 4.79 Å². The van der Waals surface area contributed by atoms with Crippen LogP contribution in [0.4, 0.5) is 11.6 Å². The molecule has 0 saturated heterocycles. The minimum absolute atomic E-state index is 0.135. The first-order chi connectivity index (χ1) is 17.5. The molecule has 1 heterocycles. The summed E-state index contributed by atoms with van der Waals surface area (Å²) in [7, 11) is -1.48. The van der Waals surface area contributed by atoms with E-state index < -0.39 is 21.5 Å². The lowest BCUT2D eigenvalue weighted by atomic mass is 9.73. The molecule has 0 bridgehead atoms. The zero-order valence-electron chi connectivity index (χ0n) is 21.4. The van der Waals surface area contributed by atoms with Gasteiger partial charge in [0.1, 0.15) is 17.2 Å². The SMILES string of the molecule is Cn1c(N)ccc1NC(=O)C(O)(Cc1cccc(-c2ccc(CNS(C)(=O)=O)cc2)c1)C1CCCCC1. The fourth-order valence-corrected chi connectivity index (χ4v) is 5.50. The molecule has 1 aliphatic carbocycles. The number of amides is 1. The predicted molar refractivity (Wildman–Crippen MR) is 147 cm³/mol. The van der Waals surface area contributed by atoms with Crippen molar-refractivity contribution in [2.75, 3.05) is 17.3 Å². The molecule has 3 aromatic rings. The molecule has 9 heteroatoms. The molecule has 5 N–H and O–H groups in total. The number of nitrogens with one attached hydrogen (secondary N) is 2. The summed E-state index contributed by atoms with van der Waals surface area (Å²) in [5.41, 5.74) is 8.03. The Morgan fingerprint density at radius 3 is 2.35 bits per heavy atom. The monoisotopic (exact) mass is 524 g/mol. The first kappa shape index (κ1) is 26.9. The topological polar surface area (TPSA) is 126 Å². The Morgan fingerprint density at radius 2 is 1.73 bits per heavy atom. The number of aromatic nitrogens is 1. The molecule has 8 nitrogen and oxygen atoms in total. The van der Waals surface area contributed by atoms with Crippen molar-refractivity contribution >= 4 is 27.6 Å². The van der Waals surface area contributed by atoms with Gasteiger partial charge in [-0.05, 0) is 53.1 Å². The zero-order chi connectivity index (χ0) is 26.6. The van der Waals surface area contributed by atoms with Crippen molar-refractivity contribution in [2.45, 2.75) is 50.7 Å². The van der Waals surface area contributed by atoms with Gasteiger partial charge in [-0.1, -0.05) is 67.8 Å². The van der Waals surface area contributed by atoms with Crippen LogP contribution in [0.2, 0.25) is 0 Å². The van der Waals surface area contributed by atoms with E-state index in [1.165, 1.54) is 0 Å². The van der Waals surface area contributed by atoms with Gasteiger partial charge in [0.15, 0.2) is 0 Å². The van der Waals surface area contributed by atoms with Crippen LogP contribution in [0.5, 0.6) is 0 Å². The van der Waals surface area contributed by atoms with E-state index in [9.17, 15) is 18.3 Å². The summed E-state index contributed by atoms with van der Waals surface area (Å²) < 4.78 is 26.9. The van der Waals surface area contributed by atoms with Crippen LogP contribution in [0.25, 0.3) is 11.1 Å². The number of anilines is 2. The van der Waals surface area contributed by atoms with Crippen molar-refractivity contribution in [1.82, 2.24) is 9.29 Å². The molecule has 1 aromatic heterocycles. The number of hydrogen-bond acceptors (Lipinski definition) is 5. The number of hydrogen-bond donors (Lipinski definition) is 4. The van der Waals surface area contributed by atoms with E-state index in [0.29, 0.717) is 11.6 Å². The summed E-state index contributed by atoms with van der Waals surface area (Å²) in [4.78, 5) is 13.6. The lowest BCUT2D eigenvalue weighted by molar-refractivity contribution is -0.141. The number of aliphatic hydroxyl groups is 1. The first-order valence-corrected chi connectivity index (χ1v) is 14.5. The summed E-state index contributed by atoms with van der Waals surface area (Å²) in [5.74, 6) is 0.538. The Labute approximate surface area is 218 Å². The zero-order valence-corrected chi connectivity index (χ0v) is 22.2. The summed E-state index contributed by atoms with van der Waals surface area (Å²) in [6.07, 6.45) is 6.07. The first-order valence-electron chi connectivity index (χ1n) is 12.6. The molecular formula is C28H36N4O4S. The van der Waals surface area contributed by atoms with Crippen molar-refractivity contribution in [1.29, 1.82) is 0 Å². The van der Waals surface area contributed by atoms with Gasteiger partial charge >= 0.3 is 0 Å². The third-order valence-electron chi connectivity index (χ3n) is 7.30. The Bertz CT molecular complexity index is 1340. The molecule has 198 valence electrons. The van der Waals surface area contributed by atoms with Gasteiger partial charge < -0.3 is 20.7 Å². The highest BCUT2D eigenvalue weighted by Gasteiger charge is 2.44. The van der Waals surface area contributed by atoms with Crippen LogP contribution in [0.3, 0.4) is 0 Å². The lowest BCUT2D eigenvalue weighted by Crippen LogP contribution is -2.51. The second-order valence-corrected chi connectivity index (χ2v) is 11.9. The van der Waals surface area contributed by atoms with Crippen LogP contribution >= 0.6 is 0 Å². The number of carbonyl (C=O) groups excluding carboxylic acids is 1. The highest BCUT2D eigenvalue weighted by molar-refractivity contribution is 7.88. The molecule has 1 amide bonds. The van der Waals surface area contributed by atoms with Gasteiger partial charge in [0.25, 0.3) is 5.91 Å². The van der Waals surface area contributed by atoms with E-state index in [-0.39, 0.29) is 18.9 Å². The van der Waals surface area contributed by atoms with E-state index in [2.05, 4.69) is 10.0 Å². The Hall–Kier alpha value is -3.14. The normalized spacial score (nSPS) is 16.3. The molecule has 1 aliphatic rings. The van der Waals surface area contributed by atoms with Crippen LogP contribution < -0.4 is 15.8 Å². The molecule has 1 fully saturated rings. The Morgan fingerprint density at radius 1 is 1.03 bits per heavy atom. The van der Waals surface area contributed by atoms with E-state index in [4.69, 9.17) is 5.73 Å². The van der Waals surface area contributed by atoms with Gasteiger partial charge in [-0.25, -0.2) is 13.1 Å². The summed E-state index contributed by atoms with van der Waals surface area (Å²) in [5, 5.41) is 14.8. The molecule has 1 saturated carbocycles. The van der Waals surface area contributed by atoms with E-state index in [0.717, 1.165) is 60.6 Å². The maximum absolute atomic E-state index is 13.6. The maximum Gasteiger partial charge on any atom is 0.258 e. The largest absolute Gasteiger partial charge is 0.385 e. The molecule has 37 heavy (non-hydrogen) atoms. The van der Waals surface area contributed by atoms with E-state index in [1.54, 1.807) is 23.7 Å². The molecule has 1 atom stereocenters. The number of nitrogens with two attached hydrogens (primary N) is 1. The van der Waals surface area contributed by atoms with Crippen LogP contribution in [-0.2, 0) is 34.8 Å². The highest BCUT2D eigenvalue weighted by atomic mass is 32.2. The second kappa shape index (κ2) is 11.1. The van der Waals surface area contributed by atoms with Crippen molar-refractivity contribution in [3.8, 4) is 11.1 Å². The van der Waals surface area contributed by atoms with Crippen molar-refractivity contribution in [3.63, 3.8) is 0 Å². The second-order valence-electron chi connectivity index (χ2n) is 10.1. The third kappa shape index (κ3) is 6.60. The third-order valence-corrected chi connectivity index (χ3v) is 7.97. The Kier molecular flexibility index (Phi) is 8.06.